The summed E-state index contributed by atoms with van der Waals surface area (Å²) in [5, 5.41) is 7.27. The molecule has 2 aliphatic heterocycles. The van der Waals surface area contributed by atoms with Crippen LogP contribution < -0.4 is 10.2 Å². The highest BCUT2D eigenvalue weighted by molar-refractivity contribution is 8.00. The van der Waals surface area contributed by atoms with Crippen LogP contribution in [0.1, 0.15) is 61.2 Å². The lowest BCUT2D eigenvalue weighted by atomic mass is 9.87. The van der Waals surface area contributed by atoms with Crippen molar-refractivity contribution >= 4 is 29.4 Å². The molecular formula is C30H34F2N4O3S. The Hall–Kier alpha value is -3.24. The number of benzene rings is 2. The van der Waals surface area contributed by atoms with E-state index >= 15 is 4.39 Å². The lowest BCUT2D eigenvalue weighted by Crippen LogP contribution is -2.44. The van der Waals surface area contributed by atoms with Crippen LogP contribution in [0, 0.1) is 18.6 Å². The number of amides is 2. The maximum Gasteiger partial charge on any atom is 0.240 e. The van der Waals surface area contributed by atoms with E-state index in [1.807, 2.05) is 52.0 Å². The molecule has 10 heteroatoms. The molecule has 3 aromatic rings. The lowest BCUT2D eigenvalue weighted by Gasteiger charge is -2.25. The molecule has 2 atom stereocenters. The number of carbonyl (C=O) groups excluding carboxylic acids is 2. The second-order valence-electron chi connectivity index (χ2n) is 11.4. The van der Waals surface area contributed by atoms with Gasteiger partial charge >= 0.3 is 0 Å². The second kappa shape index (κ2) is 11.3. The summed E-state index contributed by atoms with van der Waals surface area (Å²) in [6.07, 6.45) is 1.80. The number of nitrogens with zero attached hydrogens (tertiary/aromatic N) is 3. The molecule has 2 aliphatic rings. The van der Waals surface area contributed by atoms with Gasteiger partial charge in [-0.2, -0.15) is 5.10 Å². The number of rotatable bonds is 6. The second-order valence-corrected chi connectivity index (χ2v) is 12.5. The van der Waals surface area contributed by atoms with Gasteiger partial charge in [-0.05, 0) is 43.5 Å². The average molecular weight is 569 g/mol. The van der Waals surface area contributed by atoms with Crippen molar-refractivity contribution in [2.75, 3.05) is 30.3 Å². The molecule has 3 heterocycles. The van der Waals surface area contributed by atoms with Crippen LogP contribution in [0.15, 0.2) is 42.5 Å². The predicted molar refractivity (Wildman–Crippen MR) is 152 cm³/mol. The number of aromatic nitrogens is 2. The fourth-order valence-electron chi connectivity index (χ4n) is 5.21. The van der Waals surface area contributed by atoms with Gasteiger partial charge in [0, 0.05) is 35.8 Å². The van der Waals surface area contributed by atoms with E-state index in [0.717, 1.165) is 30.2 Å². The van der Waals surface area contributed by atoms with E-state index in [4.69, 9.17) is 9.84 Å². The highest BCUT2D eigenvalue weighted by Crippen LogP contribution is 2.49. The Bertz CT molecular complexity index is 1430. The number of carbonyl (C=O) groups is 2. The Morgan fingerprint density at radius 1 is 1.20 bits per heavy atom. The summed E-state index contributed by atoms with van der Waals surface area (Å²) in [5.74, 6) is -1.55. The van der Waals surface area contributed by atoms with Gasteiger partial charge in [0.15, 0.2) is 0 Å². The molecule has 40 heavy (non-hydrogen) atoms. The van der Waals surface area contributed by atoms with Gasteiger partial charge in [0.05, 0.1) is 28.5 Å². The lowest BCUT2D eigenvalue weighted by molar-refractivity contribution is -0.123. The van der Waals surface area contributed by atoms with E-state index in [0.29, 0.717) is 30.2 Å². The minimum absolute atomic E-state index is 0.00653. The van der Waals surface area contributed by atoms with Crippen molar-refractivity contribution in [2.45, 2.75) is 57.3 Å². The Morgan fingerprint density at radius 3 is 2.67 bits per heavy atom. The summed E-state index contributed by atoms with van der Waals surface area (Å²) < 4.78 is 36.5. The number of nitrogens with one attached hydrogen (secondary N) is 1. The fourth-order valence-corrected chi connectivity index (χ4v) is 6.42. The highest BCUT2D eigenvalue weighted by Gasteiger charge is 2.40. The first-order valence-electron chi connectivity index (χ1n) is 13.5. The monoisotopic (exact) mass is 568 g/mol. The van der Waals surface area contributed by atoms with Gasteiger partial charge in [-0.1, -0.05) is 39.0 Å². The van der Waals surface area contributed by atoms with Gasteiger partial charge in [0.2, 0.25) is 11.8 Å². The van der Waals surface area contributed by atoms with E-state index in [1.165, 1.54) is 28.8 Å². The summed E-state index contributed by atoms with van der Waals surface area (Å²) in [7, 11) is 0. The molecule has 1 aromatic heterocycles. The Morgan fingerprint density at radius 2 is 2.00 bits per heavy atom. The SMILES string of the molecule is Cc1cccc(-n2nc(C(C)(C)C)c3c2N(CC(=O)NC[C@H]2CCCO2)C(=O)CS[C@H]3c2ccc(F)cc2F)c1. The number of aryl methyl sites for hydroxylation is 1. The molecule has 0 radical (unpaired) electrons. The first-order chi connectivity index (χ1) is 19.0. The number of halogens is 2. The summed E-state index contributed by atoms with van der Waals surface area (Å²) in [5.41, 5.74) is 2.80. The Labute approximate surface area is 237 Å². The van der Waals surface area contributed by atoms with Gasteiger partial charge in [0.25, 0.3) is 0 Å². The Kier molecular flexibility index (Phi) is 8.01. The molecule has 7 nitrogen and oxygen atoms in total. The highest BCUT2D eigenvalue weighted by atomic mass is 32.2. The third-order valence-corrected chi connectivity index (χ3v) is 8.38. The maximum atomic E-state index is 15.3. The van der Waals surface area contributed by atoms with Crippen LogP contribution >= 0.6 is 11.8 Å². The predicted octanol–water partition coefficient (Wildman–Crippen LogP) is 5.22. The van der Waals surface area contributed by atoms with Crippen LogP contribution in [0.5, 0.6) is 0 Å². The minimum Gasteiger partial charge on any atom is -0.376 e. The van der Waals surface area contributed by atoms with E-state index in [2.05, 4.69) is 5.32 Å². The molecule has 5 rings (SSSR count). The zero-order valence-electron chi connectivity index (χ0n) is 23.2. The smallest absolute Gasteiger partial charge is 0.240 e. The molecule has 0 bridgehead atoms. The van der Waals surface area contributed by atoms with Crippen molar-refractivity contribution in [3.05, 3.63) is 76.5 Å². The van der Waals surface area contributed by atoms with Gasteiger partial charge in [-0.3, -0.25) is 14.5 Å². The number of fused-ring (bicyclic) bond motifs is 1. The summed E-state index contributed by atoms with van der Waals surface area (Å²) in [6, 6.07) is 11.2. The zero-order chi connectivity index (χ0) is 28.6. The van der Waals surface area contributed by atoms with Crippen LogP contribution in [-0.4, -0.2) is 53.1 Å². The van der Waals surface area contributed by atoms with Crippen molar-refractivity contribution in [2.24, 2.45) is 0 Å². The summed E-state index contributed by atoms with van der Waals surface area (Å²) >= 11 is 1.26. The van der Waals surface area contributed by atoms with Crippen molar-refractivity contribution < 1.29 is 23.1 Å². The topological polar surface area (TPSA) is 76.5 Å². The molecule has 0 saturated carbocycles. The summed E-state index contributed by atoms with van der Waals surface area (Å²) in [6.45, 7) is 8.80. The number of ether oxygens (including phenoxy) is 1. The zero-order valence-corrected chi connectivity index (χ0v) is 24.0. The normalized spacial score (nSPS) is 19.4. The summed E-state index contributed by atoms with van der Waals surface area (Å²) in [4.78, 5) is 28.3. The molecule has 0 unspecified atom stereocenters. The van der Waals surface area contributed by atoms with Gasteiger partial charge < -0.3 is 10.1 Å². The van der Waals surface area contributed by atoms with Gasteiger partial charge in [0.1, 0.15) is 24.0 Å². The van der Waals surface area contributed by atoms with Crippen molar-refractivity contribution in [1.82, 2.24) is 15.1 Å². The minimum atomic E-state index is -0.693. The van der Waals surface area contributed by atoms with Crippen LogP contribution in [0.4, 0.5) is 14.6 Å². The van der Waals surface area contributed by atoms with Gasteiger partial charge in [-0.25, -0.2) is 13.5 Å². The molecule has 212 valence electrons. The number of hydrogen-bond acceptors (Lipinski definition) is 5. The molecule has 1 N–H and O–H groups in total. The third-order valence-electron chi connectivity index (χ3n) is 7.14. The number of hydrogen-bond donors (Lipinski definition) is 1. The van der Waals surface area contributed by atoms with Gasteiger partial charge in [-0.15, -0.1) is 11.8 Å². The third kappa shape index (κ3) is 5.78. The van der Waals surface area contributed by atoms with E-state index in [-0.39, 0.29) is 35.8 Å². The first kappa shape index (κ1) is 28.3. The molecule has 2 amide bonds. The molecular weight excluding hydrogens is 534 g/mol. The van der Waals surface area contributed by atoms with E-state index in [1.54, 1.807) is 4.68 Å². The molecule has 1 fully saturated rings. The number of anilines is 1. The van der Waals surface area contributed by atoms with E-state index in [9.17, 15) is 14.0 Å². The number of thioether (sulfide) groups is 1. The first-order valence-corrected chi connectivity index (χ1v) is 14.5. The van der Waals surface area contributed by atoms with E-state index < -0.39 is 22.3 Å². The van der Waals surface area contributed by atoms with Crippen LogP contribution in [-0.2, 0) is 19.7 Å². The fraction of sp³-hybridized carbons (Fsp3) is 0.433. The average Bonchev–Trinajstić information content (AvgIpc) is 3.53. The van der Waals surface area contributed by atoms with Crippen molar-refractivity contribution in [3.63, 3.8) is 0 Å². The maximum absolute atomic E-state index is 15.3. The van der Waals surface area contributed by atoms with Crippen LogP contribution in [0.3, 0.4) is 0 Å². The molecule has 1 saturated heterocycles. The largest absolute Gasteiger partial charge is 0.376 e. The Balaban J connectivity index is 1.67. The molecule has 0 spiro atoms. The van der Waals surface area contributed by atoms with Crippen molar-refractivity contribution in [3.8, 4) is 5.69 Å². The van der Waals surface area contributed by atoms with Crippen LogP contribution in [0.2, 0.25) is 0 Å². The van der Waals surface area contributed by atoms with Crippen LogP contribution in [0.25, 0.3) is 5.69 Å². The molecule has 2 aromatic carbocycles. The quantitative estimate of drug-likeness (QED) is 0.441. The standard InChI is InChI=1S/C30H34F2N4O3S/c1-18-7-5-8-20(13-18)36-29-26(28(34-36)30(2,3)4)27(22-11-10-19(31)14-23(22)32)40-17-25(38)35(29)16-24(37)33-15-21-9-6-12-39-21/h5,7-8,10-11,13-14,21,27H,6,9,12,15-17H2,1-4H3,(H,33,37)/t21-,27+/m1/s1. The molecule has 0 aliphatic carbocycles. The van der Waals surface area contributed by atoms with Crippen molar-refractivity contribution in [1.29, 1.82) is 0 Å².